The third kappa shape index (κ3) is 4.28. The van der Waals surface area contributed by atoms with Gasteiger partial charge in [-0.3, -0.25) is 34.2 Å². The summed E-state index contributed by atoms with van der Waals surface area (Å²) >= 11 is 0. The molecule has 1 aromatic heterocycles. The maximum absolute atomic E-state index is 12.2. The second kappa shape index (κ2) is 8.63. The second-order valence-corrected chi connectivity index (χ2v) is 6.71. The lowest BCUT2D eigenvalue weighted by molar-refractivity contribution is -0.123. The number of carbonyl (C=O) groups is 3. The van der Waals surface area contributed by atoms with E-state index in [0.29, 0.717) is 11.5 Å². The van der Waals surface area contributed by atoms with Crippen molar-refractivity contribution in [2.24, 2.45) is 0 Å². The van der Waals surface area contributed by atoms with E-state index in [1.807, 2.05) is 0 Å². The van der Waals surface area contributed by atoms with E-state index < -0.39 is 35.4 Å². The fraction of sp³-hybridized carbons (Fsp3) is 0.150. The maximum atomic E-state index is 12.2. The average molecular weight is 439 g/mol. The van der Waals surface area contributed by atoms with Crippen LogP contribution in [0.4, 0.5) is 5.69 Å². The highest BCUT2D eigenvalue weighted by Gasteiger charge is 2.17. The molecule has 0 fully saturated rings. The average Bonchev–Trinajstić information content (AvgIpc) is 3.26. The number of fused-ring (bicyclic) bond motifs is 2. The summed E-state index contributed by atoms with van der Waals surface area (Å²) in [6, 6.07) is 9.04. The van der Waals surface area contributed by atoms with Crippen LogP contribution in [0.1, 0.15) is 10.4 Å². The van der Waals surface area contributed by atoms with Crippen molar-refractivity contribution >= 4 is 34.2 Å². The molecule has 12 nitrogen and oxygen atoms in total. The van der Waals surface area contributed by atoms with Gasteiger partial charge in [0.1, 0.15) is 0 Å². The Hall–Kier alpha value is -4.61. The molecule has 0 saturated carbocycles. The van der Waals surface area contributed by atoms with Crippen LogP contribution in [-0.2, 0) is 9.59 Å². The van der Waals surface area contributed by atoms with Gasteiger partial charge in [0.15, 0.2) is 11.5 Å². The van der Waals surface area contributed by atoms with Crippen LogP contribution in [0.25, 0.3) is 10.8 Å². The standard InChI is InChI=1S/C20H17N5O7/c26-15(7-22-18(28)10-4-5-13-14(6-10)32-9-31-13)21-8-16(27)23-12-3-1-2-11-17(12)20(30)25-24-19(11)29/h1-6H,7-9H2,(H,21,26)(H,22,28)(H,23,27)(H,24,29)(H,25,30). The van der Waals surface area contributed by atoms with Crippen LogP contribution in [-0.4, -0.2) is 47.8 Å². The third-order valence-corrected chi connectivity index (χ3v) is 4.59. The first-order valence-corrected chi connectivity index (χ1v) is 9.40. The Balaban J connectivity index is 1.30. The first-order valence-electron chi connectivity index (χ1n) is 9.40. The quantitative estimate of drug-likeness (QED) is 0.342. The molecule has 2 aromatic carbocycles. The van der Waals surface area contributed by atoms with Crippen molar-refractivity contribution in [1.82, 2.24) is 20.8 Å². The minimum atomic E-state index is -0.618. The van der Waals surface area contributed by atoms with E-state index in [9.17, 15) is 24.0 Å². The van der Waals surface area contributed by atoms with E-state index in [-0.39, 0.29) is 35.4 Å². The van der Waals surface area contributed by atoms with Gasteiger partial charge in [-0.2, -0.15) is 0 Å². The number of ether oxygens (including phenoxy) is 2. The fourth-order valence-corrected chi connectivity index (χ4v) is 3.07. The number of benzene rings is 2. The lowest BCUT2D eigenvalue weighted by atomic mass is 10.1. The molecule has 4 rings (SSSR count). The number of nitrogens with one attached hydrogen (secondary N) is 5. The van der Waals surface area contributed by atoms with Crippen molar-refractivity contribution in [3.63, 3.8) is 0 Å². The maximum Gasteiger partial charge on any atom is 0.272 e. The van der Waals surface area contributed by atoms with Crippen LogP contribution in [0.5, 0.6) is 11.5 Å². The van der Waals surface area contributed by atoms with Crippen molar-refractivity contribution in [3.8, 4) is 11.5 Å². The molecule has 0 atom stereocenters. The molecule has 164 valence electrons. The summed E-state index contributed by atoms with van der Waals surface area (Å²) < 4.78 is 10.4. The highest BCUT2D eigenvalue weighted by molar-refractivity contribution is 6.03. The molecule has 1 aliphatic rings. The largest absolute Gasteiger partial charge is 0.454 e. The van der Waals surface area contributed by atoms with E-state index in [2.05, 4.69) is 26.1 Å². The van der Waals surface area contributed by atoms with Gasteiger partial charge in [-0.25, -0.2) is 0 Å². The van der Waals surface area contributed by atoms with Gasteiger partial charge in [-0.15, -0.1) is 0 Å². The molecule has 3 amide bonds. The molecule has 0 bridgehead atoms. The number of amides is 3. The van der Waals surface area contributed by atoms with Gasteiger partial charge < -0.3 is 25.4 Å². The Morgan fingerprint density at radius 1 is 0.875 bits per heavy atom. The van der Waals surface area contributed by atoms with E-state index in [1.165, 1.54) is 30.3 Å². The molecule has 0 aliphatic carbocycles. The van der Waals surface area contributed by atoms with Gasteiger partial charge in [0, 0.05) is 5.56 Å². The Morgan fingerprint density at radius 2 is 1.62 bits per heavy atom. The highest BCUT2D eigenvalue weighted by atomic mass is 16.7. The number of aromatic nitrogens is 2. The number of rotatable bonds is 6. The Labute approximate surface area is 178 Å². The number of carbonyl (C=O) groups excluding carboxylic acids is 3. The SMILES string of the molecule is O=C(CNC(=O)c1ccc2c(c1)OCO2)NCC(=O)Nc1cccc2c(=O)[nH][nH]c(=O)c12. The zero-order valence-corrected chi connectivity index (χ0v) is 16.4. The predicted molar refractivity (Wildman–Crippen MR) is 112 cm³/mol. The first kappa shape index (κ1) is 20.7. The summed E-state index contributed by atoms with van der Waals surface area (Å²) in [5.74, 6) is -0.742. The summed E-state index contributed by atoms with van der Waals surface area (Å²) in [4.78, 5) is 60.2. The molecule has 0 saturated heterocycles. The zero-order chi connectivity index (χ0) is 22.7. The highest BCUT2D eigenvalue weighted by Crippen LogP contribution is 2.32. The topological polar surface area (TPSA) is 171 Å². The fourth-order valence-electron chi connectivity index (χ4n) is 3.07. The lowest BCUT2D eigenvalue weighted by Crippen LogP contribution is -2.40. The minimum absolute atomic E-state index is 0.0203. The molecule has 0 unspecified atom stereocenters. The number of aromatic amines is 2. The lowest BCUT2D eigenvalue weighted by Gasteiger charge is -2.09. The Kier molecular flexibility index (Phi) is 5.57. The van der Waals surface area contributed by atoms with E-state index in [4.69, 9.17) is 9.47 Å². The Bertz CT molecular complexity index is 1340. The normalized spacial score (nSPS) is 11.8. The van der Waals surface area contributed by atoms with Crippen LogP contribution < -0.4 is 36.5 Å². The van der Waals surface area contributed by atoms with Gasteiger partial charge in [-0.1, -0.05) is 6.07 Å². The van der Waals surface area contributed by atoms with Crippen LogP contribution in [0.3, 0.4) is 0 Å². The summed E-state index contributed by atoms with van der Waals surface area (Å²) in [7, 11) is 0. The van der Waals surface area contributed by atoms with Crippen LogP contribution in [0.2, 0.25) is 0 Å². The predicted octanol–water partition coefficient (Wildman–Crippen LogP) is -0.570. The van der Waals surface area contributed by atoms with Crippen LogP contribution in [0.15, 0.2) is 46.0 Å². The van der Waals surface area contributed by atoms with Gasteiger partial charge >= 0.3 is 0 Å². The second-order valence-electron chi connectivity index (χ2n) is 6.71. The number of anilines is 1. The molecule has 5 N–H and O–H groups in total. The monoisotopic (exact) mass is 439 g/mol. The molecular weight excluding hydrogens is 422 g/mol. The van der Waals surface area contributed by atoms with Crippen molar-refractivity contribution in [2.45, 2.75) is 0 Å². The van der Waals surface area contributed by atoms with Gasteiger partial charge in [0.05, 0.1) is 29.5 Å². The zero-order valence-electron chi connectivity index (χ0n) is 16.4. The summed E-state index contributed by atoms with van der Waals surface area (Å²) in [6.45, 7) is -0.686. The summed E-state index contributed by atoms with van der Waals surface area (Å²) in [5, 5.41) is 11.8. The number of hydrogen-bond donors (Lipinski definition) is 5. The van der Waals surface area contributed by atoms with E-state index >= 15 is 0 Å². The van der Waals surface area contributed by atoms with Crippen LogP contribution >= 0.6 is 0 Å². The molecule has 3 aromatic rings. The minimum Gasteiger partial charge on any atom is -0.454 e. The van der Waals surface area contributed by atoms with E-state index in [0.717, 1.165) is 0 Å². The van der Waals surface area contributed by atoms with E-state index in [1.54, 1.807) is 6.07 Å². The molecule has 0 spiro atoms. The molecule has 2 heterocycles. The summed E-state index contributed by atoms with van der Waals surface area (Å²) in [6.07, 6.45) is 0. The van der Waals surface area contributed by atoms with Crippen molar-refractivity contribution in [1.29, 1.82) is 0 Å². The first-order chi connectivity index (χ1) is 15.4. The number of H-pyrrole nitrogens is 2. The van der Waals surface area contributed by atoms with Crippen molar-refractivity contribution < 1.29 is 23.9 Å². The molecular formula is C20H17N5O7. The number of hydrogen-bond acceptors (Lipinski definition) is 7. The van der Waals surface area contributed by atoms with Crippen LogP contribution in [0, 0.1) is 0 Å². The van der Waals surface area contributed by atoms with Gasteiger partial charge in [0.2, 0.25) is 18.6 Å². The van der Waals surface area contributed by atoms with Crippen molar-refractivity contribution in [3.05, 3.63) is 62.7 Å². The third-order valence-electron chi connectivity index (χ3n) is 4.59. The van der Waals surface area contributed by atoms with Gasteiger partial charge in [-0.05, 0) is 30.3 Å². The molecule has 32 heavy (non-hydrogen) atoms. The summed E-state index contributed by atoms with van der Waals surface area (Å²) in [5.41, 5.74) is -0.672. The van der Waals surface area contributed by atoms with Crippen molar-refractivity contribution in [2.75, 3.05) is 25.2 Å². The smallest absolute Gasteiger partial charge is 0.272 e. The Morgan fingerprint density at radius 3 is 2.47 bits per heavy atom. The molecule has 12 heteroatoms. The molecule has 1 aliphatic heterocycles. The molecule has 0 radical (unpaired) electrons. The van der Waals surface area contributed by atoms with Gasteiger partial charge in [0.25, 0.3) is 17.0 Å².